The molecular weight excluding hydrogens is 243 g/mol. The molecule has 1 aromatic rings. The van der Waals surface area contributed by atoms with E-state index in [0.29, 0.717) is 21.8 Å². The number of hydrogen-bond acceptors (Lipinski definition) is 2. The first-order chi connectivity index (χ1) is 7.58. The predicted octanol–water partition coefficient (Wildman–Crippen LogP) is 4.57. The number of rotatable bonds is 5. The lowest BCUT2D eigenvalue weighted by molar-refractivity contribution is 0.623. The second-order valence-electron chi connectivity index (χ2n) is 3.89. The van der Waals surface area contributed by atoms with Crippen molar-refractivity contribution in [2.24, 2.45) is 0 Å². The maximum Gasteiger partial charge on any atom is 0.0614 e. The average molecular weight is 261 g/mol. The van der Waals surface area contributed by atoms with Crippen molar-refractivity contribution in [1.29, 1.82) is 0 Å². The predicted molar refractivity (Wildman–Crippen MR) is 73.5 cm³/mol. The summed E-state index contributed by atoms with van der Waals surface area (Å²) in [6.07, 6.45) is 3.33. The number of anilines is 2. The molecule has 1 unspecified atom stereocenters. The van der Waals surface area contributed by atoms with Gasteiger partial charge in [0.15, 0.2) is 0 Å². The van der Waals surface area contributed by atoms with Gasteiger partial charge in [-0.25, -0.2) is 0 Å². The van der Waals surface area contributed by atoms with Crippen molar-refractivity contribution in [1.82, 2.24) is 0 Å². The maximum atomic E-state index is 5.96. The highest BCUT2D eigenvalue weighted by molar-refractivity contribution is 6.42. The summed E-state index contributed by atoms with van der Waals surface area (Å²) in [6.45, 7) is 4.32. The van der Waals surface area contributed by atoms with Gasteiger partial charge in [-0.1, -0.05) is 43.5 Å². The standard InChI is InChI=1S/C12H18Cl2N2/c1-3-5-8(4-2)16-12-7-10(14)9(13)6-11(12)15/h6-8,16H,3-5,15H2,1-2H3. The lowest BCUT2D eigenvalue weighted by atomic mass is 10.1. The van der Waals surface area contributed by atoms with E-state index in [-0.39, 0.29) is 0 Å². The van der Waals surface area contributed by atoms with Crippen molar-refractivity contribution in [2.75, 3.05) is 11.1 Å². The van der Waals surface area contributed by atoms with Gasteiger partial charge in [-0.15, -0.1) is 0 Å². The Labute approximate surface area is 107 Å². The zero-order valence-corrected chi connectivity index (χ0v) is 11.2. The van der Waals surface area contributed by atoms with Crippen molar-refractivity contribution in [3.8, 4) is 0 Å². The molecule has 1 aromatic carbocycles. The number of halogens is 2. The summed E-state index contributed by atoms with van der Waals surface area (Å²) < 4.78 is 0. The van der Waals surface area contributed by atoms with Gasteiger partial charge >= 0.3 is 0 Å². The summed E-state index contributed by atoms with van der Waals surface area (Å²) in [4.78, 5) is 0. The van der Waals surface area contributed by atoms with Gasteiger partial charge in [-0.05, 0) is 25.0 Å². The van der Waals surface area contributed by atoms with Crippen LogP contribution in [0, 0.1) is 0 Å². The van der Waals surface area contributed by atoms with Gasteiger partial charge in [0.25, 0.3) is 0 Å². The van der Waals surface area contributed by atoms with Crippen LogP contribution in [0.5, 0.6) is 0 Å². The van der Waals surface area contributed by atoms with Crippen molar-refractivity contribution in [3.63, 3.8) is 0 Å². The van der Waals surface area contributed by atoms with Crippen LogP contribution in [0.4, 0.5) is 11.4 Å². The SMILES string of the molecule is CCCC(CC)Nc1cc(Cl)c(Cl)cc1N. The third kappa shape index (κ3) is 3.46. The number of nitrogens with one attached hydrogen (secondary N) is 1. The van der Waals surface area contributed by atoms with E-state index < -0.39 is 0 Å². The summed E-state index contributed by atoms with van der Waals surface area (Å²) in [5.41, 5.74) is 7.40. The summed E-state index contributed by atoms with van der Waals surface area (Å²) in [7, 11) is 0. The van der Waals surface area contributed by atoms with E-state index >= 15 is 0 Å². The van der Waals surface area contributed by atoms with Crippen LogP contribution in [0.15, 0.2) is 12.1 Å². The van der Waals surface area contributed by atoms with Crippen LogP contribution in [0.3, 0.4) is 0 Å². The summed E-state index contributed by atoms with van der Waals surface area (Å²) in [6, 6.07) is 3.91. The largest absolute Gasteiger partial charge is 0.397 e. The third-order valence-electron chi connectivity index (χ3n) is 2.58. The normalized spacial score (nSPS) is 12.5. The first-order valence-corrected chi connectivity index (χ1v) is 6.35. The van der Waals surface area contributed by atoms with E-state index in [2.05, 4.69) is 19.2 Å². The van der Waals surface area contributed by atoms with E-state index in [4.69, 9.17) is 28.9 Å². The van der Waals surface area contributed by atoms with Crippen LogP contribution >= 0.6 is 23.2 Å². The fourth-order valence-electron chi connectivity index (χ4n) is 1.63. The van der Waals surface area contributed by atoms with Gasteiger partial charge in [0, 0.05) is 6.04 Å². The first-order valence-electron chi connectivity index (χ1n) is 5.59. The van der Waals surface area contributed by atoms with Crippen LogP contribution in [0.25, 0.3) is 0 Å². The molecule has 3 N–H and O–H groups in total. The Morgan fingerprint density at radius 2 is 1.88 bits per heavy atom. The Kier molecular flexibility index (Phi) is 5.23. The van der Waals surface area contributed by atoms with E-state index in [9.17, 15) is 0 Å². The average Bonchev–Trinajstić information content (AvgIpc) is 2.25. The monoisotopic (exact) mass is 260 g/mol. The van der Waals surface area contributed by atoms with Gasteiger partial charge < -0.3 is 11.1 Å². The smallest absolute Gasteiger partial charge is 0.0614 e. The molecule has 0 aromatic heterocycles. The van der Waals surface area contributed by atoms with Crippen molar-refractivity contribution < 1.29 is 0 Å². The molecule has 0 radical (unpaired) electrons. The van der Waals surface area contributed by atoms with E-state index in [1.165, 1.54) is 0 Å². The lowest BCUT2D eigenvalue weighted by Crippen LogP contribution is -2.18. The molecule has 0 saturated heterocycles. The van der Waals surface area contributed by atoms with Crippen LogP contribution in [0.1, 0.15) is 33.1 Å². The van der Waals surface area contributed by atoms with Gasteiger partial charge in [0.05, 0.1) is 21.4 Å². The molecule has 1 atom stereocenters. The van der Waals surface area contributed by atoms with Crippen LogP contribution in [0.2, 0.25) is 10.0 Å². The second kappa shape index (κ2) is 6.21. The molecule has 16 heavy (non-hydrogen) atoms. The van der Waals surface area contributed by atoms with Crippen LogP contribution in [-0.4, -0.2) is 6.04 Å². The molecule has 0 saturated carbocycles. The van der Waals surface area contributed by atoms with Crippen LogP contribution < -0.4 is 11.1 Å². The molecule has 0 aliphatic rings. The molecule has 0 aliphatic heterocycles. The zero-order chi connectivity index (χ0) is 12.1. The molecule has 2 nitrogen and oxygen atoms in total. The molecule has 0 fully saturated rings. The third-order valence-corrected chi connectivity index (χ3v) is 3.30. The fraction of sp³-hybridized carbons (Fsp3) is 0.500. The number of benzene rings is 1. The first kappa shape index (κ1) is 13.5. The highest BCUT2D eigenvalue weighted by Crippen LogP contribution is 2.31. The van der Waals surface area contributed by atoms with E-state index in [1.54, 1.807) is 12.1 Å². The van der Waals surface area contributed by atoms with Crippen molar-refractivity contribution in [2.45, 2.75) is 39.2 Å². The fourth-order valence-corrected chi connectivity index (χ4v) is 1.97. The van der Waals surface area contributed by atoms with E-state index in [1.807, 2.05) is 0 Å². The molecule has 0 heterocycles. The summed E-state index contributed by atoms with van der Waals surface area (Å²) in [5, 5.41) is 4.42. The van der Waals surface area contributed by atoms with Crippen molar-refractivity contribution in [3.05, 3.63) is 22.2 Å². The minimum Gasteiger partial charge on any atom is -0.397 e. The highest BCUT2D eigenvalue weighted by atomic mass is 35.5. The number of nitrogens with two attached hydrogens (primary N) is 1. The van der Waals surface area contributed by atoms with Gasteiger partial charge in [-0.2, -0.15) is 0 Å². The zero-order valence-electron chi connectivity index (χ0n) is 9.69. The number of nitrogen functional groups attached to an aromatic ring is 1. The van der Waals surface area contributed by atoms with Gasteiger partial charge in [0.1, 0.15) is 0 Å². The molecular formula is C12H18Cl2N2. The quantitative estimate of drug-likeness (QED) is 0.762. The van der Waals surface area contributed by atoms with Crippen molar-refractivity contribution >= 4 is 34.6 Å². The minimum absolute atomic E-state index is 0.435. The van der Waals surface area contributed by atoms with E-state index in [0.717, 1.165) is 24.9 Å². The Bertz CT molecular complexity index is 353. The molecule has 0 amide bonds. The molecule has 90 valence electrons. The van der Waals surface area contributed by atoms with Gasteiger partial charge in [-0.3, -0.25) is 0 Å². The Hall–Kier alpha value is -0.600. The van der Waals surface area contributed by atoms with Gasteiger partial charge in [0.2, 0.25) is 0 Å². The van der Waals surface area contributed by atoms with Crippen LogP contribution in [-0.2, 0) is 0 Å². The topological polar surface area (TPSA) is 38.0 Å². The molecule has 0 bridgehead atoms. The number of hydrogen-bond donors (Lipinski definition) is 2. The Morgan fingerprint density at radius 3 is 2.44 bits per heavy atom. The Balaban J connectivity index is 2.83. The Morgan fingerprint density at radius 1 is 1.25 bits per heavy atom. The molecule has 4 heteroatoms. The second-order valence-corrected chi connectivity index (χ2v) is 4.71. The molecule has 1 rings (SSSR count). The highest BCUT2D eigenvalue weighted by Gasteiger charge is 2.09. The molecule has 0 spiro atoms. The minimum atomic E-state index is 0.435. The summed E-state index contributed by atoms with van der Waals surface area (Å²) >= 11 is 11.8. The maximum absolute atomic E-state index is 5.96. The summed E-state index contributed by atoms with van der Waals surface area (Å²) in [5.74, 6) is 0. The lowest BCUT2D eigenvalue weighted by Gasteiger charge is -2.19. The molecule has 0 aliphatic carbocycles.